The van der Waals surface area contributed by atoms with Crippen LogP contribution in [0.2, 0.25) is 0 Å². The van der Waals surface area contributed by atoms with E-state index in [-0.39, 0.29) is 82.8 Å². The highest BCUT2D eigenvalue weighted by molar-refractivity contribution is 7.94. The van der Waals surface area contributed by atoms with Crippen molar-refractivity contribution in [2.24, 2.45) is 0 Å². The Bertz CT molecular complexity index is 4010. The fraction of sp³-hybridized carbons (Fsp3) is 0.364. The Hall–Kier alpha value is -9.65. The van der Waals surface area contributed by atoms with Gasteiger partial charge in [-0.1, -0.05) is 24.1 Å². The van der Waals surface area contributed by atoms with Gasteiger partial charge in [-0.15, -0.1) is 6.42 Å². The number of methoxy groups -OCH3 is 3. The molecule has 41 heteroatoms. The number of urea groups is 2. The maximum atomic E-state index is 14.7. The maximum absolute atomic E-state index is 14.7. The number of imide groups is 1. The molecular weight excluding hydrogens is 1360 g/mol. The van der Waals surface area contributed by atoms with Crippen molar-refractivity contribution < 1.29 is 106 Å². The van der Waals surface area contributed by atoms with Crippen LogP contribution in [0.15, 0.2) is 81.9 Å². The van der Waals surface area contributed by atoms with Crippen molar-refractivity contribution in [1.82, 2.24) is 49.6 Å². The van der Waals surface area contributed by atoms with Gasteiger partial charge in [0.15, 0.2) is 17.5 Å². The Morgan fingerprint density at radius 3 is 1.92 bits per heavy atom. The minimum atomic E-state index is -4.46. The molecule has 96 heavy (non-hydrogen) atoms. The van der Waals surface area contributed by atoms with Crippen molar-refractivity contribution in [1.29, 1.82) is 0 Å². The molecule has 1 atom stereocenters. The molecule has 7 N–H and O–H groups in total. The Kier molecular flexibility index (Phi) is 28.9. The predicted octanol–water partition coefficient (Wildman–Crippen LogP) is 2.88. The molecule has 2 aromatic carbocycles. The van der Waals surface area contributed by atoms with Gasteiger partial charge in [-0.25, -0.2) is 41.7 Å². The van der Waals surface area contributed by atoms with Gasteiger partial charge in [-0.2, -0.15) is 46.5 Å². The lowest BCUT2D eigenvalue weighted by atomic mass is 9.93. The molecule has 5 heterocycles. The summed E-state index contributed by atoms with van der Waals surface area (Å²) in [6.45, 7) is 0.759. The van der Waals surface area contributed by atoms with E-state index in [1.165, 1.54) is 101 Å². The number of hydrogen-bond donors (Lipinski definition) is 7. The van der Waals surface area contributed by atoms with Crippen LogP contribution in [-0.4, -0.2) is 190 Å². The summed E-state index contributed by atoms with van der Waals surface area (Å²) in [6.07, 6.45) is 8.88. The van der Waals surface area contributed by atoms with E-state index in [4.69, 9.17) is 35.4 Å². The van der Waals surface area contributed by atoms with Crippen molar-refractivity contribution in [2.75, 3.05) is 101 Å². The molecule has 8 rings (SSSR count). The molecule has 0 fully saturated rings. The number of rotatable bonds is 18. The molecule has 2 aliphatic heterocycles. The van der Waals surface area contributed by atoms with Gasteiger partial charge in [0.1, 0.15) is 19.2 Å². The number of sulfonamides is 2. The number of aromatic nitrogens is 6. The Balaban J connectivity index is 0.000000278. The van der Waals surface area contributed by atoms with E-state index in [0.29, 0.717) is 34.9 Å². The highest BCUT2D eigenvalue weighted by atomic mass is 32.2. The van der Waals surface area contributed by atoms with Gasteiger partial charge in [0.25, 0.3) is 43.7 Å². The summed E-state index contributed by atoms with van der Waals surface area (Å²) >= 11 is 0. The van der Waals surface area contributed by atoms with Crippen LogP contribution in [-0.2, 0) is 61.1 Å². The molecule has 5 aromatic rings. The van der Waals surface area contributed by atoms with Crippen molar-refractivity contribution >= 4 is 103 Å². The van der Waals surface area contributed by atoms with Crippen molar-refractivity contribution in [3.05, 3.63) is 94.7 Å². The number of carbonyl (C=O) groups excluding carboxylic acids is 6. The molecule has 0 bridgehead atoms. The minimum absolute atomic E-state index is 0.0170. The fourth-order valence-corrected chi connectivity index (χ4v) is 10.7. The normalized spacial score (nSPS) is 13.8. The smallest absolute Gasteiger partial charge is 0.389 e. The number of terminal acetylenes is 1. The third kappa shape index (κ3) is 24.0. The number of aryl methyl sites for hydroxylation is 2. The number of fused-ring (bicyclic) bond motifs is 1. The van der Waals surface area contributed by atoms with Crippen molar-refractivity contribution in [2.45, 2.75) is 61.5 Å². The first-order valence-corrected chi connectivity index (χ1v) is 34.5. The molecular formula is C55H65F4N14O19PS3. The quantitative estimate of drug-likeness (QED) is 0.0218. The van der Waals surface area contributed by atoms with Crippen LogP contribution in [0, 0.1) is 25.1 Å². The Labute approximate surface area is 549 Å². The van der Waals surface area contributed by atoms with E-state index in [9.17, 15) is 77.4 Å². The number of benzene rings is 2. The second-order valence-corrected chi connectivity index (χ2v) is 27.4. The van der Waals surface area contributed by atoms with Crippen LogP contribution in [0.5, 0.6) is 23.5 Å². The number of alkyl halides is 3. The zero-order chi connectivity index (χ0) is 72.0. The average molecular weight is 1430 g/mol. The summed E-state index contributed by atoms with van der Waals surface area (Å²) in [5, 5.41) is 13.6. The van der Waals surface area contributed by atoms with Crippen LogP contribution in [0.3, 0.4) is 0 Å². The largest absolute Gasteiger partial charge is 0.778 e. The number of halogens is 4. The monoisotopic (exact) mass is 1430 g/mol. The number of carbonyl (C=O) groups is 7. The highest BCUT2D eigenvalue weighted by Gasteiger charge is 2.42. The lowest BCUT2D eigenvalue weighted by Crippen LogP contribution is -2.39. The molecule has 1 aliphatic carbocycles. The van der Waals surface area contributed by atoms with Gasteiger partial charge in [0.05, 0.1) is 87.4 Å². The summed E-state index contributed by atoms with van der Waals surface area (Å²) in [4.78, 5) is 127. The third-order valence-electron chi connectivity index (χ3n) is 12.0. The number of aliphatic carboxylic acids is 1. The summed E-state index contributed by atoms with van der Waals surface area (Å²) in [6, 6.07) is 9.08. The van der Waals surface area contributed by atoms with Crippen LogP contribution in [0.4, 0.5) is 50.4 Å². The van der Waals surface area contributed by atoms with Crippen LogP contribution < -0.4 is 59.0 Å². The summed E-state index contributed by atoms with van der Waals surface area (Å²) < 4.78 is 135. The molecule has 3 aromatic heterocycles. The number of amides is 8. The molecule has 8 amide bonds. The summed E-state index contributed by atoms with van der Waals surface area (Å²) in [7, 11) is -5.70. The summed E-state index contributed by atoms with van der Waals surface area (Å²) in [5.74, 6) is -1.48. The minimum Gasteiger partial charge on any atom is -0.778 e. The van der Waals surface area contributed by atoms with E-state index >= 15 is 0 Å². The van der Waals surface area contributed by atoms with E-state index in [2.05, 4.69) is 65.2 Å². The van der Waals surface area contributed by atoms with E-state index in [0.717, 1.165) is 29.9 Å². The number of nitrogens with one attached hydrogen (secondary N) is 5. The predicted molar refractivity (Wildman–Crippen MR) is 335 cm³/mol. The molecule has 1 unspecified atom stereocenters. The van der Waals surface area contributed by atoms with Crippen LogP contribution in [0.25, 0.3) is 0 Å². The van der Waals surface area contributed by atoms with Gasteiger partial charge in [-0.3, -0.25) is 44.8 Å². The number of carboxylic acid groups (broad SMARTS) is 1. The van der Waals surface area contributed by atoms with Gasteiger partial charge in [-0.05, 0) is 79.8 Å². The van der Waals surface area contributed by atoms with Crippen molar-refractivity contribution in [3.8, 4) is 35.9 Å². The first kappa shape index (κ1) is 78.8. The third-order valence-corrected chi connectivity index (χ3v) is 15.3. The maximum Gasteiger partial charge on any atom is 0.389 e. The number of anilines is 4. The second-order valence-electron chi connectivity index (χ2n) is 20.1. The molecule has 0 spiro atoms. The number of nitrogens with zero attached hydrogens (tertiary/aromatic N) is 9. The number of pyridine rings is 1. The fourth-order valence-electron chi connectivity index (χ4n) is 8.04. The standard InChI is InChI=1S/C19H15FN2O4.C15H16F3N5O4S.C15H18N6O6S.C3H8NO5P.C3H9S/c1-2-7-21-15-9-14(13(20)8-16(15)26-10-17(21)23)22-18(24)11-5-3-4-6-12(11)19(22)25;1-9-19-12(22-14(20-9)27-2)21-13(24)23-28(25,26)11-6-4-3-5-10(11)7-8-15(16,17)18;1-21(2)13(22)9-6-5-7-16-12(9)28(24,25)20-15(23)19-14-17-10(26-3)8-11(18-14)27-4;5-3(6)1-4-2-10(7,8)9;1-4(2)3/h1,8-9H,3-7,10H2;3-6H,7-8H2,1-2H3,(H2,19,20,21,22,23,24);5-8H,1-4H3,(H2,17,18,19,20,23);4H,1-2H2,(H,5,6)(H2,7,8,9);1-3H3/q;;;;+1/p-1. The second kappa shape index (κ2) is 35.2. The van der Waals surface area contributed by atoms with Crippen molar-refractivity contribution in [3.63, 3.8) is 0 Å². The molecule has 33 nitrogen and oxygen atoms in total. The average Bonchev–Trinajstić information content (AvgIpc) is 1.54. The SMILES string of the molecule is C#CCN1C(=O)COc2cc(F)c(N3C(=O)C4=C(CCCC4)C3=O)cc21.COc1cc(OC)nc(NC(=O)NS(=O)(=O)c2ncccc2C(=O)N(C)C)n1.COc1nc(C)nc(NC(=O)NS(=O)(=O)c2ccccc2CCC(F)(F)F)n1.C[S+](C)C.O=C(O)CNCP(=O)([O-])O. The zero-order valence-electron chi connectivity index (χ0n) is 52.5. The Morgan fingerprint density at radius 2 is 1.40 bits per heavy atom. The van der Waals surface area contributed by atoms with Gasteiger partial charge >= 0.3 is 30.2 Å². The van der Waals surface area contributed by atoms with Gasteiger partial charge in [0.2, 0.25) is 23.7 Å². The molecule has 3 aliphatic rings. The van der Waals surface area contributed by atoms with Crippen LogP contribution >= 0.6 is 7.60 Å². The molecule has 0 saturated carbocycles. The highest BCUT2D eigenvalue weighted by Crippen LogP contribution is 2.42. The topological polar surface area (TPSA) is 452 Å². The number of hydrogen-bond acceptors (Lipinski definition) is 24. The first-order valence-electron chi connectivity index (χ1n) is 27.3. The molecule has 0 radical (unpaired) electrons. The first-order chi connectivity index (χ1) is 44.8. The number of ether oxygens (including phenoxy) is 4. The molecule has 520 valence electrons. The Morgan fingerprint density at radius 1 is 0.833 bits per heavy atom. The summed E-state index contributed by atoms with van der Waals surface area (Å²) in [5.41, 5.74) is 0.733. The molecule has 0 saturated heterocycles. The van der Waals surface area contributed by atoms with E-state index in [1.807, 2.05) is 5.32 Å². The zero-order valence-corrected chi connectivity index (χ0v) is 55.8. The van der Waals surface area contributed by atoms with E-state index < -0.39 is 111 Å². The lowest BCUT2D eigenvalue weighted by Gasteiger charge is -2.29. The lowest BCUT2D eigenvalue weighted by molar-refractivity contribution is -0.193. The number of carboxylic acids is 1. The van der Waals surface area contributed by atoms with Crippen LogP contribution in [0.1, 0.15) is 53.8 Å². The van der Waals surface area contributed by atoms with Gasteiger partial charge < -0.3 is 43.3 Å². The van der Waals surface area contributed by atoms with Gasteiger partial charge in [0, 0.05) is 43.9 Å². The van der Waals surface area contributed by atoms with E-state index in [1.54, 1.807) is 9.44 Å².